The van der Waals surface area contributed by atoms with Crippen molar-refractivity contribution in [3.05, 3.63) is 29.8 Å². The molecule has 5 nitrogen and oxygen atoms in total. The maximum Gasteiger partial charge on any atom is 0.396 e. The number of rotatable bonds is 5. The standard InChI is InChI=1S/C13H17NO4/c1-3-18-13(16)12(15)14-9-8-10-6-4-5-7-11(10)17-2/h4-7H,3,8-9H2,1-2H3,(H,14,15). The average molecular weight is 251 g/mol. The van der Waals surface area contributed by atoms with E-state index < -0.39 is 11.9 Å². The largest absolute Gasteiger partial charge is 0.496 e. The van der Waals surface area contributed by atoms with Gasteiger partial charge in [-0.25, -0.2) is 4.79 Å². The van der Waals surface area contributed by atoms with E-state index >= 15 is 0 Å². The molecule has 1 aromatic rings. The van der Waals surface area contributed by atoms with Crippen LogP contribution in [0.4, 0.5) is 0 Å². The lowest BCUT2D eigenvalue weighted by Crippen LogP contribution is -2.33. The Hall–Kier alpha value is -2.04. The van der Waals surface area contributed by atoms with Crippen molar-refractivity contribution in [1.29, 1.82) is 0 Å². The van der Waals surface area contributed by atoms with Gasteiger partial charge >= 0.3 is 11.9 Å². The molecule has 0 atom stereocenters. The van der Waals surface area contributed by atoms with E-state index in [1.165, 1.54) is 0 Å². The second-order valence-corrected chi connectivity index (χ2v) is 3.54. The third-order valence-electron chi connectivity index (χ3n) is 2.33. The normalized spacial score (nSPS) is 9.67. The van der Waals surface area contributed by atoms with E-state index in [1.54, 1.807) is 14.0 Å². The molecule has 5 heteroatoms. The van der Waals surface area contributed by atoms with Crippen LogP contribution < -0.4 is 10.1 Å². The van der Waals surface area contributed by atoms with Crippen LogP contribution in [0.1, 0.15) is 12.5 Å². The lowest BCUT2D eigenvalue weighted by Gasteiger charge is -2.08. The minimum atomic E-state index is -0.850. The Labute approximate surface area is 106 Å². The van der Waals surface area contributed by atoms with Gasteiger partial charge in [0, 0.05) is 6.54 Å². The van der Waals surface area contributed by atoms with Crippen molar-refractivity contribution < 1.29 is 19.1 Å². The third kappa shape index (κ3) is 4.08. The molecule has 18 heavy (non-hydrogen) atoms. The molecule has 0 radical (unpaired) electrons. The molecule has 0 bridgehead atoms. The summed E-state index contributed by atoms with van der Waals surface area (Å²) < 4.78 is 9.76. The van der Waals surface area contributed by atoms with E-state index in [9.17, 15) is 9.59 Å². The molecule has 0 aliphatic heterocycles. The van der Waals surface area contributed by atoms with Crippen LogP contribution in [0.15, 0.2) is 24.3 Å². The molecular weight excluding hydrogens is 234 g/mol. The number of carbonyl (C=O) groups excluding carboxylic acids is 2. The van der Waals surface area contributed by atoms with Crippen LogP contribution in [0.3, 0.4) is 0 Å². The molecule has 0 spiro atoms. The molecule has 0 aromatic heterocycles. The zero-order valence-electron chi connectivity index (χ0n) is 10.6. The molecule has 0 aliphatic carbocycles. The highest BCUT2D eigenvalue weighted by atomic mass is 16.5. The molecule has 0 saturated heterocycles. The molecule has 0 aliphatic rings. The quantitative estimate of drug-likeness (QED) is 0.624. The number of ether oxygens (including phenoxy) is 2. The molecule has 1 rings (SSSR count). The van der Waals surface area contributed by atoms with Crippen molar-refractivity contribution in [2.75, 3.05) is 20.3 Å². The summed E-state index contributed by atoms with van der Waals surface area (Å²) in [7, 11) is 1.59. The SMILES string of the molecule is CCOC(=O)C(=O)NCCc1ccccc1OC. The predicted molar refractivity (Wildman–Crippen MR) is 66.3 cm³/mol. The highest BCUT2D eigenvalue weighted by molar-refractivity contribution is 6.32. The zero-order chi connectivity index (χ0) is 13.4. The molecular formula is C13H17NO4. The van der Waals surface area contributed by atoms with E-state index in [4.69, 9.17) is 4.74 Å². The number of amides is 1. The molecule has 98 valence electrons. The fourth-order valence-electron chi connectivity index (χ4n) is 1.49. The molecule has 0 fully saturated rings. The molecule has 0 heterocycles. The monoisotopic (exact) mass is 251 g/mol. The Morgan fingerprint density at radius 2 is 2.00 bits per heavy atom. The van der Waals surface area contributed by atoms with Crippen LogP contribution in [0.2, 0.25) is 0 Å². The highest BCUT2D eigenvalue weighted by Crippen LogP contribution is 2.17. The Bertz CT molecular complexity index is 417. The van der Waals surface area contributed by atoms with Gasteiger partial charge in [-0.05, 0) is 25.0 Å². The van der Waals surface area contributed by atoms with Crippen molar-refractivity contribution in [2.24, 2.45) is 0 Å². The van der Waals surface area contributed by atoms with Gasteiger partial charge in [0.1, 0.15) is 5.75 Å². The van der Waals surface area contributed by atoms with Gasteiger partial charge in [-0.2, -0.15) is 0 Å². The van der Waals surface area contributed by atoms with Crippen LogP contribution in [0, 0.1) is 0 Å². The van der Waals surface area contributed by atoms with E-state index in [-0.39, 0.29) is 6.61 Å². The van der Waals surface area contributed by atoms with Crippen molar-refractivity contribution in [2.45, 2.75) is 13.3 Å². The summed E-state index contributed by atoms with van der Waals surface area (Å²) in [5.74, 6) is -0.799. The Morgan fingerprint density at radius 3 is 2.67 bits per heavy atom. The number of para-hydroxylation sites is 1. The first-order chi connectivity index (χ1) is 8.69. The number of benzene rings is 1. The number of hydrogen-bond donors (Lipinski definition) is 1. The number of carbonyl (C=O) groups is 2. The Balaban J connectivity index is 2.42. The van der Waals surface area contributed by atoms with Crippen LogP contribution in [0.25, 0.3) is 0 Å². The van der Waals surface area contributed by atoms with Crippen molar-refractivity contribution in [3.8, 4) is 5.75 Å². The van der Waals surface area contributed by atoms with Gasteiger partial charge in [0.05, 0.1) is 13.7 Å². The molecule has 1 aromatic carbocycles. The summed E-state index contributed by atoms with van der Waals surface area (Å²) in [5, 5.41) is 2.50. The number of methoxy groups -OCH3 is 1. The average Bonchev–Trinajstić information content (AvgIpc) is 2.39. The minimum Gasteiger partial charge on any atom is -0.496 e. The van der Waals surface area contributed by atoms with Gasteiger partial charge in [-0.3, -0.25) is 4.79 Å². The molecule has 0 saturated carbocycles. The number of nitrogens with one attached hydrogen (secondary N) is 1. The first-order valence-electron chi connectivity index (χ1n) is 5.75. The van der Waals surface area contributed by atoms with Gasteiger partial charge in [0.25, 0.3) is 0 Å². The number of hydrogen-bond acceptors (Lipinski definition) is 4. The first-order valence-corrected chi connectivity index (χ1v) is 5.75. The Kier molecular flexibility index (Phi) is 5.70. The van der Waals surface area contributed by atoms with Crippen LogP contribution in [0.5, 0.6) is 5.75 Å². The second kappa shape index (κ2) is 7.32. The lowest BCUT2D eigenvalue weighted by atomic mass is 10.1. The van der Waals surface area contributed by atoms with Crippen LogP contribution in [-0.4, -0.2) is 32.1 Å². The van der Waals surface area contributed by atoms with Crippen molar-refractivity contribution in [3.63, 3.8) is 0 Å². The summed E-state index contributed by atoms with van der Waals surface area (Å²) in [5.41, 5.74) is 0.976. The van der Waals surface area contributed by atoms with E-state index in [1.807, 2.05) is 24.3 Å². The van der Waals surface area contributed by atoms with Crippen molar-refractivity contribution in [1.82, 2.24) is 5.32 Å². The van der Waals surface area contributed by atoms with E-state index in [0.717, 1.165) is 11.3 Å². The molecule has 1 amide bonds. The van der Waals surface area contributed by atoms with Gasteiger partial charge in [0.2, 0.25) is 0 Å². The number of esters is 1. The topological polar surface area (TPSA) is 64.6 Å². The van der Waals surface area contributed by atoms with Crippen LogP contribution in [-0.2, 0) is 20.7 Å². The summed E-state index contributed by atoms with van der Waals surface area (Å²) >= 11 is 0. The van der Waals surface area contributed by atoms with Crippen molar-refractivity contribution >= 4 is 11.9 Å². The fourth-order valence-corrected chi connectivity index (χ4v) is 1.49. The van der Waals surface area contributed by atoms with E-state index in [0.29, 0.717) is 13.0 Å². The lowest BCUT2D eigenvalue weighted by molar-refractivity contribution is -0.154. The second-order valence-electron chi connectivity index (χ2n) is 3.54. The summed E-state index contributed by atoms with van der Waals surface area (Å²) in [6.45, 7) is 2.21. The highest BCUT2D eigenvalue weighted by Gasteiger charge is 2.13. The van der Waals surface area contributed by atoms with Crippen LogP contribution >= 0.6 is 0 Å². The van der Waals surface area contributed by atoms with Gasteiger partial charge in [-0.1, -0.05) is 18.2 Å². The maximum absolute atomic E-state index is 11.3. The van der Waals surface area contributed by atoms with Gasteiger partial charge in [-0.15, -0.1) is 0 Å². The summed E-state index contributed by atoms with van der Waals surface area (Å²) in [6, 6.07) is 7.53. The smallest absolute Gasteiger partial charge is 0.396 e. The maximum atomic E-state index is 11.3. The van der Waals surface area contributed by atoms with E-state index in [2.05, 4.69) is 10.1 Å². The summed E-state index contributed by atoms with van der Waals surface area (Å²) in [6.07, 6.45) is 0.592. The minimum absolute atomic E-state index is 0.193. The zero-order valence-corrected chi connectivity index (χ0v) is 10.6. The summed E-state index contributed by atoms with van der Waals surface area (Å²) in [4.78, 5) is 22.3. The Morgan fingerprint density at radius 1 is 1.28 bits per heavy atom. The first kappa shape index (κ1) is 14.0. The predicted octanol–water partition coefficient (Wildman–Crippen LogP) is 0.917. The third-order valence-corrected chi connectivity index (χ3v) is 2.33. The van der Waals surface area contributed by atoms with Gasteiger partial charge < -0.3 is 14.8 Å². The van der Waals surface area contributed by atoms with Gasteiger partial charge in [0.15, 0.2) is 0 Å². The molecule has 0 unspecified atom stereocenters. The molecule has 1 N–H and O–H groups in total. The fraction of sp³-hybridized carbons (Fsp3) is 0.385.